The SMILES string of the molecule is O=C(ONC1CNC1=O)c1ccccc1. The summed E-state index contributed by atoms with van der Waals surface area (Å²) in [5.74, 6) is -0.647. The number of carbonyl (C=O) groups is 2. The molecule has 1 aliphatic rings. The molecule has 0 spiro atoms. The molecule has 1 unspecified atom stereocenters. The fourth-order valence-corrected chi connectivity index (χ4v) is 1.14. The van der Waals surface area contributed by atoms with Crippen molar-refractivity contribution in [2.45, 2.75) is 6.04 Å². The van der Waals surface area contributed by atoms with E-state index in [9.17, 15) is 9.59 Å². The smallest absolute Gasteiger partial charge is 0.356 e. The van der Waals surface area contributed by atoms with E-state index < -0.39 is 12.0 Å². The highest BCUT2D eigenvalue weighted by molar-refractivity contribution is 5.90. The summed E-state index contributed by atoms with van der Waals surface area (Å²) in [5, 5.41) is 2.53. The molecule has 1 fully saturated rings. The Labute approximate surface area is 86.4 Å². The van der Waals surface area contributed by atoms with Gasteiger partial charge in [0.15, 0.2) is 0 Å². The van der Waals surface area contributed by atoms with Crippen molar-refractivity contribution >= 4 is 11.9 Å². The summed E-state index contributed by atoms with van der Waals surface area (Å²) in [5.41, 5.74) is 2.85. The van der Waals surface area contributed by atoms with Gasteiger partial charge in [0.1, 0.15) is 6.04 Å². The average molecular weight is 206 g/mol. The van der Waals surface area contributed by atoms with Gasteiger partial charge in [-0.25, -0.2) is 4.79 Å². The van der Waals surface area contributed by atoms with Gasteiger partial charge in [-0.1, -0.05) is 18.2 Å². The normalized spacial score (nSPS) is 18.9. The molecule has 0 aromatic heterocycles. The zero-order valence-electron chi connectivity index (χ0n) is 7.90. The number of hydrogen-bond acceptors (Lipinski definition) is 4. The molecule has 5 nitrogen and oxygen atoms in total. The van der Waals surface area contributed by atoms with Crippen LogP contribution in [0.1, 0.15) is 10.4 Å². The summed E-state index contributed by atoms with van der Waals surface area (Å²) < 4.78 is 0. The van der Waals surface area contributed by atoms with Crippen molar-refractivity contribution in [3.05, 3.63) is 35.9 Å². The standard InChI is InChI=1S/C10H10N2O3/c13-9-8(6-11-9)12-15-10(14)7-4-2-1-3-5-7/h1-5,8,12H,6H2,(H,11,13). The molecule has 1 aliphatic heterocycles. The van der Waals surface area contributed by atoms with Crippen molar-refractivity contribution < 1.29 is 14.4 Å². The lowest BCUT2D eigenvalue weighted by molar-refractivity contribution is -0.132. The maximum absolute atomic E-state index is 11.4. The maximum Gasteiger partial charge on any atom is 0.356 e. The van der Waals surface area contributed by atoms with Gasteiger partial charge >= 0.3 is 5.97 Å². The Bertz CT molecular complexity index is 378. The molecule has 0 radical (unpaired) electrons. The van der Waals surface area contributed by atoms with Crippen LogP contribution in [0, 0.1) is 0 Å². The molecule has 1 aromatic carbocycles. The number of nitrogens with one attached hydrogen (secondary N) is 2. The first-order valence-electron chi connectivity index (χ1n) is 4.57. The topological polar surface area (TPSA) is 67.4 Å². The fraction of sp³-hybridized carbons (Fsp3) is 0.200. The third-order valence-electron chi connectivity index (χ3n) is 2.10. The summed E-state index contributed by atoms with van der Waals surface area (Å²) in [6, 6.07) is 8.16. The lowest BCUT2D eigenvalue weighted by Gasteiger charge is -2.25. The van der Waals surface area contributed by atoms with Crippen LogP contribution in [-0.4, -0.2) is 24.5 Å². The summed E-state index contributed by atoms with van der Waals surface area (Å²) >= 11 is 0. The van der Waals surface area contributed by atoms with Crippen molar-refractivity contribution in [2.75, 3.05) is 6.54 Å². The van der Waals surface area contributed by atoms with Crippen LogP contribution in [0.25, 0.3) is 0 Å². The Morgan fingerprint density at radius 3 is 2.67 bits per heavy atom. The van der Waals surface area contributed by atoms with Crippen LogP contribution in [0.3, 0.4) is 0 Å². The molecule has 1 saturated heterocycles. The lowest BCUT2D eigenvalue weighted by atomic mass is 10.2. The fourth-order valence-electron chi connectivity index (χ4n) is 1.14. The highest BCUT2D eigenvalue weighted by Crippen LogP contribution is 2.01. The zero-order valence-corrected chi connectivity index (χ0v) is 7.90. The molecular formula is C10H10N2O3. The molecule has 2 rings (SSSR count). The second-order valence-corrected chi connectivity index (χ2v) is 3.17. The van der Waals surface area contributed by atoms with Crippen LogP contribution < -0.4 is 10.8 Å². The molecule has 2 N–H and O–H groups in total. The van der Waals surface area contributed by atoms with Crippen molar-refractivity contribution in [3.8, 4) is 0 Å². The van der Waals surface area contributed by atoms with E-state index in [4.69, 9.17) is 4.84 Å². The monoisotopic (exact) mass is 206 g/mol. The highest BCUT2D eigenvalue weighted by atomic mass is 16.7. The summed E-state index contributed by atoms with van der Waals surface area (Å²) in [7, 11) is 0. The third-order valence-corrected chi connectivity index (χ3v) is 2.10. The Balaban J connectivity index is 1.85. The molecule has 1 heterocycles. The van der Waals surface area contributed by atoms with Gasteiger partial charge in [0, 0.05) is 6.54 Å². The van der Waals surface area contributed by atoms with Crippen molar-refractivity contribution in [1.29, 1.82) is 0 Å². The van der Waals surface area contributed by atoms with E-state index >= 15 is 0 Å². The largest absolute Gasteiger partial charge is 0.366 e. The first-order chi connectivity index (χ1) is 7.27. The van der Waals surface area contributed by atoms with Crippen LogP contribution in [0.15, 0.2) is 30.3 Å². The van der Waals surface area contributed by atoms with Crippen LogP contribution in [0.2, 0.25) is 0 Å². The van der Waals surface area contributed by atoms with Crippen molar-refractivity contribution in [3.63, 3.8) is 0 Å². The predicted molar refractivity (Wildman–Crippen MR) is 51.8 cm³/mol. The number of hydrogen-bond donors (Lipinski definition) is 2. The van der Waals surface area contributed by atoms with Gasteiger partial charge in [0.2, 0.25) is 5.91 Å². The molecule has 0 saturated carbocycles. The molecule has 0 bridgehead atoms. The Morgan fingerprint density at radius 1 is 1.40 bits per heavy atom. The van der Waals surface area contributed by atoms with E-state index in [1.54, 1.807) is 24.3 Å². The lowest BCUT2D eigenvalue weighted by Crippen LogP contribution is -2.60. The first-order valence-corrected chi connectivity index (χ1v) is 4.57. The minimum atomic E-state index is -0.490. The molecule has 1 atom stereocenters. The van der Waals surface area contributed by atoms with E-state index in [0.29, 0.717) is 12.1 Å². The van der Waals surface area contributed by atoms with E-state index in [1.165, 1.54) is 0 Å². The van der Waals surface area contributed by atoms with E-state index in [1.807, 2.05) is 6.07 Å². The average Bonchev–Trinajstić information content (AvgIpc) is 2.28. The molecule has 78 valence electrons. The Kier molecular flexibility index (Phi) is 2.64. The van der Waals surface area contributed by atoms with Crippen molar-refractivity contribution in [1.82, 2.24) is 10.8 Å². The van der Waals surface area contributed by atoms with E-state index in [2.05, 4.69) is 10.8 Å². The van der Waals surface area contributed by atoms with E-state index in [0.717, 1.165) is 0 Å². The molecule has 1 aromatic rings. The number of rotatable bonds is 3. The number of carbonyl (C=O) groups excluding carboxylic acids is 2. The minimum Gasteiger partial charge on any atom is -0.366 e. The molecular weight excluding hydrogens is 196 g/mol. The van der Waals surface area contributed by atoms with Gasteiger partial charge in [-0.05, 0) is 12.1 Å². The highest BCUT2D eigenvalue weighted by Gasteiger charge is 2.28. The number of β-lactam (4-membered cyclic amide) rings is 1. The number of amides is 1. The summed E-state index contributed by atoms with van der Waals surface area (Å²) in [4.78, 5) is 26.9. The minimum absolute atomic E-state index is 0.157. The van der Waals surface area contributed by atoms with Crippen LogP contribution in [0.5, 0.6) is 0 Å². The second-order valence-electron chi connectivity index (χ2n) is 3.17. The van der Waals surface area contributed by atoms with Gasteiger partial charge in [0.05, 0.1) is 5.56 Å². The van der Waals surface area contributed by atoms with Crippen LogP contribution >= 0.6 is 0 Å². The molecule has 1 amide bonds. The second kappa shape index (κ2) is 4.10. The molecule has 5 heteroatoms. The number of hydroxylamine groups is 1. The Hall–Kier alpha value is -1.88. The van der Waals surface area contributed by atoms with Gasteiger partial charge in [0.25, 0.3) is 0 Å². The van der Waals surface area contributed by atoms with Crippen LogP contribution in [-0.2, 0) is 9.63 Å². The molecule has 15 heavy (non-hydrogen) atoms. The van der Waals surface area contributed by atoms with E-state index in [-0.39, 0.29) is 5.91 Å². The third kappa shape index (κ3) is 2.13. The predicted octanol–water partition coefficient (Wildman–Crippen LogP) is -0.154. The van der Waals surface area contributed by atoms with Gasteiger partial charge in [-0.15, -0.1) is 5.48 Å². The van der Waals surface area contributed by atoms with Gasteiger partial charge in [-0.3, -0.25) is 4.79 Å². The van der Waals surface area contributed by atoms with Crippen LogP contribution in [0.4, 0.5) is 0 Å². The first kappa shape index (κ1) is 9.67. The quantitative estimate of drug-likeness (QED) is 0.533. The summed E-state index contributed by atoms with van der Waals surface area (Å²) in [6.07, 6.45) is 0. The zero-order chi connectivity index (χ0) is 10.7. The maximum atomic E-state index is 11.4. The Morgan fingerprint density at radius 2 is 2.13 bits per heavy atom. The van der Waals surface area contributed by atoms with Crippen molar-refractivity contribution in [2.24, 2.45) is 0 Å². The number of benzene rings is 1. The summed E-state index contributed by atoms with van der Waals surface area (Å²) in [6.45, 7) is 0.487. The molecule has 0 aliphatic carbocycles. The van der Waals surface area contributed by atoms with Gasteiger partial charge in [-0.2, -0.15) is 0 Å². The van der Waals surface area contributed by atoms with Gasteiger partial charge < -0.3 is 10.2 Å².